The summed E-state index contributed by atoms with van der Waals surface area (Å²) in [6.07, 6.45) is 2.17. The van der Waals surface area contributed by atoms with E-state index in [2.05, 4.69) is 5.32 Å². The average molecular weight is 352 g/mol. The number of aryl methyl sites for hydroxylation is 1. The van der Waals surface area contributed by atoms with Gasteiger partial charge >= 0.3 is 5.97 Å². The predicted octanol–water partition coefficient (Wildman–Crippen LogP) is 3.99. The standard InChI is InChI=1S/C14H19Cl2NO3S/c1-14(2,13(19)20)6-7-17-11(18)5-3-4-9-8-10(15)21-12(9)16/h8H,3-7H2,1-2H3,(H,17,18)(H,19,20). The van der Waals surface area contributed by atoms with Crippen LogP contribution in [0, 0.1) is 5.41 Å². The molecule has 0 saturated carbocycles. The second-order valence-electron chi connectivity index (χ2n) is 5.49. The highest BCUT2D eigenvalue weighted by atomic mass is 35.5. The summed E-state index contributed by atoms with van der Waals surface area (Å²) in [7, 11) is 0. The van der Waals surface area contributed by atoms with Crippen molar-refractivity contribution in [2.24, 2.45) is 5.41 Å². The fourth-order valence-corrected chi connectivity index (χ4v) is 3.24. The highest BCUT2D eigenvalue weighted by molar-refractivity contribution is 7.20. The lowest BCUT2D eigenvalue weighted by Crippen LogP contribution is -2.31. The number of halogens is 2. The average Bonchev–Trinajstić information content (AvgIpc) is 2.67. The molecule has 0 fully saturated rings. The maximum absolute atomic E-state index is 11.7. The molecule has 0 saturated heterocycles. The number of carboxylic acid groups (broad SMARTS) is 1. The van der Waals surface area contributed by atoms with Crippen LogP contribution in [0.5, 0.6) is 0 Å². The van der Waals surface area contributed by atoms with Gasteiger partial charge in [-0.05, 0) is 44.7 Å². The Morgan fingerprint density at radius 2 is 2.05 bits per heavy atom. The van der Waals surface area contributed by atoms with Crippen molar-refractivity contribution < 1.29 is 14.7 Å². The van der Waals surface area contributed by atoms with Crippen LogP contribution >= 0.6 is 34.5 Å². The van der Waals surface area contributed by atoms with Gasteiger partial charge in [-0.2, -0.15) is 0 Å². The van der Waals surface area contributed by atoms with E-state index in [0.29, 0.717) is 40.9 Å². The molecule has 0 aliphatic rings. The summed E-state index contributed by atoms with van der Waals surface area (Å²) >= 11 is 13.2. The summed E-state index contributed by atoms with van der Waals surface area (Å²) in [5, 5.41) is 11.7. The van der Waals surface area contributed by atoms with Gasteiger partial charge in [-0.1, -0.05) is 23.2 Å². The first-order valence-corrected chi connectivity index (χ1v) is 8.23. The fraction of sp³-hybridized carbons (Fsp3) is 0.571. The first-order chi connectivity index (χ1) is 9.72. The minimum absolute atomic E-state index is 0.0753. The van der Waals surface area contributed by atoms with Crippen LogP contribution in [0.25, 0.3) is 0 Å². The third-order valence-corrected chi connectivity index (χ3v) is 4.80. The van der Waals surface area contributed by atoms with Crippen LogP contribution in [0.15, 0.2) is 6.07 Å². The molecule has 0 bridgehead atoms. The second-order valence-corrected chi connectivity index (χ2v) is 7.78. The number of aliphatic carboxylic acids is 1. The Bertz CT molecular complexity index is 514. The molecule has 0 aliphatic carbocycles. The van der Waals surface area contributed by atoms with Gasteiger partial charge in [-0.3, -0.25) is 9.59 Å². The quantitative estimate of drug-likeness (QED) is 0.743. The molecule has 1 amide bonds. The van der Waals surface area contributed by atoms with Crippen molar-refractivity contribution in [3.8, 4) is 0 Å². The van der Waals surface area contributed by atoms with E-state index in [-0.39, 0.29) is 5.91 Å². The largest absolute Gasteiger partial charge is 0.481 e. The third-order valence-electron chi connectivity index (χ3n) is 3.23. The van der Waals surface area contributed by atoms with Gasteiger partial charge in [0.15, 0.2) is 0 Å². The molecule has 1 aromatic heterocycles. The van der Waals surface area contributed by atoms with E-state index in [1.54, 1.807) is 13.8 Å². The molecule has 0 aliphatic heterocycles. The lowest BCUT2D eigenvalue weighted by Gasteiger charge is -2.18. The van der Waals surface area contributed by atoms with Crippen molar-refractivity contribution in [1.29, 1.82) is 0 Å². The summed E-state index contributed by atoms with van der Waals surface area (Å²) in [5.74, 6) is -0.936. The zero-order chi connectivity index (χ0) is 16.0. The molecule has 4 nitrogen and oxygen atoms in total. The molecule has 0 radical (unpaired) electrons. The molecule has 1 heterocycles. The first-order valence-electron chi connectivity index (χ1n) is 6.66. The Hall–Kier alpha value is -0.780. The Kier molecular flexibility index (Phi) is 6.97. The Morgan fingerprint density at radius 3 is 2.57 bits per heavy atom. The molecule has 0 unspecified atom stereocenters. The van der Waals surface area contributed by atoms with Crippen LogP contribution in [0.1, 0.15) is 38.7 Å². The van der Waals surface area contributed by atoms with Crippen LogP contribution in [0.3, 0.4) is 0 Å². The summed E-state index contributed by atoms with van der Waals surface area (Å²) in [4.78, 5) is 22.6. The molecule has 0 aromatic carbocycles. The topological polar surface area (TPSA) is 66.4 Å². The van der Waals surface area contributed by atoms with Gasteiger partial charge in [-0.15, -0.1) is 11.3 Å². The smallest absolute Gasteiger partial charge is 0.309 e. The van der Waals surface area contributed by atoms with E-state index < -0.39 is 11.4 Å². The molecule has 118 valence electrons. The highest BCUT2D eigenvalue weighted by Crippen LogP contribution is 2.32. The molecule has 0 atom stereocenters. The fourth-order valence-electron chi connectivity index (χ4n) is 1.69. The zero-order valence-corrected chi connectivity index (χ0v) is 14.4. The lowest BCUT2D eigenvalue weighted by atomic mass is 9.90. The maximum Gasteiger partial charge on any atom is 0.309 e. The number of hydrogen-bond acceptors (Lipinski definition) is 3. The zero-order valence-electron chi connectivity index (χ0n) is 12.0. The number of rotatable bonds is 8. The summed E-state index contributed by atoms with van der Waals surface area (Å²) in [6.45, 7) is 3.65. The van der Waals surface area contributed by atoms with Crippen LogP contribution in [-0.4, -0.2) is 23.5 Å². The monoisotopic (exact) mass is 351 g/mol. The molecule has 1 aromatic rings. The van der Waals surface area contributed by atoms with E-state index >= 15 is 0 Å². The number of carboxylic acids is 1. The Labute approximate surface area is 138 Å². The number of carbonyl (C=O) groups excluding carboxylic acids is 1. The Morgan fingerprint density at radius 1 is 1.38 bits per heavy atom. The van der Waals surface area contributed by atoms with Crippen molar-refractivity contribution in [2.45, 2.75) is 39.5 Å². The van der Waals surface area contributed by atoms with Gasteiger partial charge in [0.25, 0.3) is 0 Å². The van der Waals surface area contributed by atoms with E-state index in [4.69, 9.17) is 28.3 Å². The number of thiophene rings is 1. The van der Waals surface area contributed by atoms with Crippen molar-refractivity contribution in [1.82, 2.24) is 5.32 Å². The van der Waals surface area contributed by atoms with Gasteiger partial charge in [0, 0.05) is 13.0 Å². The van der Waals surface area contributed by atoms with Crippen molar-refractivity contribution in [3.05, 3.63) is 20.3 Å². The Balaban J connectivity index is 2.23. The molecule has 0 spiro atoms. The predicted molar refractivity (Wildman–Crippen MR) is 86.3 cm³/mol. The lowest BCUT2D eigenvalue weighted by molar-refractivity contribution is -0.147. The van der Waals surface area contributed by atoms with Gasteiger partial charge in [0.1, 0.15) is 0 Å². The van der Waals surface area contributed by atoms with E-state index in [1.807, 2.05) is 6.07 Å². The first kappa shape index (κ1) is 18.3. The van der Waals surface area contributed by atoms with Gasteiger partial charge in [0.2, 0.25) is 5.91 Å². The van der Waals surface area contributed by atoms with E-state index in [0.717, 1.165) is 5.56 Å². The van der Waals surface area contributed by atoms with Crippen molar-refractivity contribution in [2.75, 3.05) is 6.54 Å². The summed E-state index contributed by atoms with van der Waals surface area (Å²) in [6, 6.07) is 1.82. The number of amides is 1. The number of carbonyl (C=O) groups is 2. The van der Waals surface area contributed by atoms with Crippen LogP contribution in [0.2, 0.25) is 8.67 Å². The minimum Gasteiger partial charge on any atom is -0.481 e. The minimum atomic E-state index is -0.860. The summed E-state index contributed by atoms with van der Waals surface area (Å²) < 4.78 is 1.32. The molecular weight excluding hydrogens is 333 g/mol. The molecule has 1 rings (SSSR count). The van der Waals surface area contributed by atoms with Crippen LogP contribution in [0.4, 0.5) is 0 Å². The van der Waals surface area contributed by atoms with Crippen LogP contribution in [-0.2, 0) is 16.0 Å². The van der Waals surface area contributed by atoms with Gasteiger partial charge in [-0.25, -0.2) is 0 Å². The van der Waals surface area contributed by atoms with Crippen LogP contribution < -0.4 is 5.32 Å². The SMILES string of the molecule is CC(C)(CCNC(=O)CCCc1cc(Cl)sc1Cl)C(=O)O. The molecule has 2 N–H and O–H groups in total. The maximum atomic E-state index is 11.7. The molecular formula is C14H19Cl2NO3S. The van der Waals surface area contributed by atoms with Crippen molar-refractivity contribution in [3.63, 3.8) is 0 Å². The highest BCUT2D eigenvalue weighted by Gasteiger charge is 2.26. The number of hydrogen-bond donors (Lipinski definition) is 2. The van der Waals surface area contributed by atoms with Gasteiger partial charge < -0.3 is 10.4 Å². The summed E-state index contributed by atoms with van der Waals surface area (Å²) in [5.41, 5.74) is 0.139. The molecule has 21 heavy (non-hydrogen) atoms. The normalized spacial score (nSPS) is 11.4. The van der Waals surface area contributed by atoms with Crippen molar-refractivity contribution >= 4 is 46.4 Å². The molecule has 7 heteroatoms. The van der Waals surface area contributed by atoms with E-state index in [9.17, 15) is 9.59 Å². The van der Waals surface area contributed by atoms with E-state index in [1.165, 1.54) is 11.3 Å². The third kappa shape index (κ3) is 6.24. The van der Waals surface area contributed by atoms with Gasteiger partial charge in [0.05, 0.1) is 14.1 Å². The number of nitrogens with one attached hydrogen (secondary N) is 1. The second kappa shape index (κ2) is 8.01.